The molecule has 1 atom stereocenters. The number of amides is 1. The molecule has 0 spiro atoms. The van der Waals surface area contributed by atoms with E-state index in [9.17, 15) is 9.90 Å². The topological polar surface area (TPSA) is 83.6 Å². The molecular weight excluding hydrogens is 366 g/mol. The van der Waals surface area contributed by atoms with E-state index in [0.29, 0.717) is 11.5 Å². The van der Waals surface area contributed by atoms with Crippen molar-refractivity contribution >= 4 is 11.7 Å². The van der Waals surface area contributed by atoms with Gasteiger partial charge in [-0.15, -0.1) is 0 Å². The van der Waals surface area contributed by atoms with Crippen molar-refractivity contribution in [1.29, 1.82) is 0 Å². The summed E-state index contributed by atoms with van der Waals surface area (Å²) in [5, 5.41) is 14.0. The van der Waals surface area contributed by atoms with Crippen LogP contribution < -0.4 is 0 Å². The second-order valence-electron chi connectivity index (χ2n) is 8.58. The first-order valence-corrected chi connectivity index (χ1v) is 10.1. The Kier molecular flexibility index (Phi) is 5.08. The minimum Gasteiger partial charge on any atom is -0.395 e. The zero-order valence-corrected chi connectivity index (χ0v) is 17.2. The fourth-order valence-corrected chi connectivity index (χ4v) is 4.16. The summed E-state index contributed by atoms with van der Waals surface area (Å²) in [4.78, 5) is 24.0. The molecule has 2 heterocycles. The van der Waals surface area contributed by atoms with Crippen molar-refractivity contribution in [1.82, 2.24) is 24.5 Å². The highest BCUT2D eigenvalue weighted by Crippen LogP contribution is 2.35. The highest BCUT2D eigenvalue weighted by Gasteiger charge is 2.31. The number of aryl methyl sites for hydroxylation is 1. The van der Waals surface area contributed by atoms with Crippen molar-refractivity contribution in [3.05, 3.63) is 59.2 Å². The molecule has 0 radical (unpaired) electrons. The van der Waals surface area contributed by atoms with Gasteiger partial charge in [0.05, 0.1) is 18.3 Å². The molecular formula is C22H27N5O2. The monoisotopic (exact) mass is 393 g/mol. The zero-order valence-electron chi connectivity index (χ0n) is 17.2. The summed E-state index contributed by atoms with van der Waals surface area (Å²) in [6.45, 7) is 6.38. The number of carbonyl (C=O) groups excluding carboxylic acids is 1. The molecule has 2 aromatic heterocycles. The molecule has 152 valence electrons. The number of carbonyl (C=O) groups is 1. The van der Waals surface area contributed by atoms with Crippen molar-refractivity contribution in [2.45, 2.75) is 51.5 Å². The van der Waals surface area contributed by atoms with Gasteiger partial charge in [0.2, 0.25) is 0 Å². The number of rotatable bonds is 4. The van der Waals surface area contributed by atoms with E-state index in [2.05, 4.69) is 48.0 Å². The number of aliphatic hydroxyl groups is 1. The molecule has 1 aliphatic carbocycles. The molecule has 1 aliphatic rings. The van der Waals surface area contributed by atoms with E-state index in [4.69, 9.17) is 0 Å². The van der Waals surface area contributed by atoms with Crippen LogP contribution in [0.4, 0.5) is 0 Å². The fourth-order valence-electron chi connectivity index (χ4n) is 4.16. The van der Waals surface area contributed by atoms with Crippen LogP contribution in [0.3, 0.4) is 0 Å². The molecule has 0 fully saturated rings. The Bertz CT molecular complexity index is 1040. The van der Waals surface area contributed by atoms with E-state index in [1.807, 2.05) is 18.2 Å². The van der Waals surface area contributed by atoms with Crippen LogP contribution in [0.5, 0.6) is 0 Å². The largest absolute Gasteiger partial charge is 0.395 e. The van der Waals surface area contributed by atoms with Gasteiger partial charge < -0.3 is 10.0 Å². The molecule has 0 aliphatic heterocycles. The Balaban J connectivity index is 1.77. The van der Waals surface area contributed by atoms with Gasteiger partial charge in [0.1, 0.15) is 12.0 Å². The third-order valence-corrected chi connectivity index (χ3v) is 5.56. The number of benzene rings is 1. The molecule has 1 unspecified atom stereocenters. The van der Waals surface area contributed by atoms with Gasteiger partial charge in [-0.2, -0.15) is 10.1 Å². The van der Waals surface area contributed by atoms with Gasteiger partial charge in [0.25, 0.3) is 11.7 Å². The summed E-state index contributed by atoms with van der Waals surface area (Å²) in [7, 11) is 0. The van der Waals surface area contributed by atoms with Crippen LogP contribution in [-0.4, -0.2) is 48.6 Å². The van der Waals surface area contributed by atoms with Crippen LogP contribution in [0.1, 0.15) is 67.0 Å². The van der Waals surface area contributed by atoms with Crippen LogP contribution in [0.2, 0.25) is 0 Å². The molecule has 3 aromatic rings. The van der Waals surface area contributed by atoms with Gasteiger partial charge in [0.15, 0.2) is 0 Å². The lowest BCUT2D eigenvalue weighted by molar-refractivity contribution is 0.0604. The minimum absolute atomic E-state index is 0.0615. The minimum atomic E-state index is -0.233. The van der Waals surface area contributed by atoms with Gasteiger partial charge in [-0.1, -0.05) is 45.0 Å². The number of aromatic nitrogens is 4. The standard InChI is InChI=1S/C22H27N5O2/c1-22(2,3)19-13-17(25-21-23-14-24-27(19)21)20(29)26(11-12-28)18-10-6-8-15-7-4-5-9-16(15)18/h4-5,7,9,13-14,18,28H,6,8,10-12H2,1-3H3. The number of fused-ring (bicyclic) bond motifs is 2. The third kappa shape index (κ3) is 3.62. The Morgan fingerprint density at radius 2 is 2.10 bits per heavy atom. The van der Waals surface area contributed by atoms with Crippen molar-refractivity contribution in [3.8, 4) is 0 Å². The third-order valence-electron chi connectivity index (χ3n) is 5.56. The number of nitrogens with zero attached hydrogens (tertiary/aromatic N) is 5. The summed E-state index contributed by atoms with van der Waals surface area (Å²) in [5.41, 5.74) is 3.42. The molecule has 4 rings (SSSR count). The lowest BCUT2D eigenvalue weighted by atomic mass is 9.86. The van der Waals surface area contributed by atoms with Crippen LogP contribution in [0, 0.1) is 0 Å². The van der Waals surface area contributed by atoms with E-state index < -0.39 is 0 Å². The van der Waals surface area contributed by atoms with E-state index in [0.717, 1.165) is 25.0 Å². The van der Waals surface area contributed by atoms with E-state index in [-0.39, 0.29) is 30.5 Å². The van der Waals surface area contributed by atoms with Crippen LogP contribution in [0.15, 0.2) is 36.7 Å². The first kappa shape index (κ1) is 19.5. The Hall–Kier alpha value is -2.80. The molecule has 7 heteroatoms. The summed E-state index contributed by atoms with van der Waals surface area (Å²) < 4.78 is 1.68. The summed E-state index contributed by atoms with van der Waals surface area (Å²) in [5.74, 6) is 0.227. The predicted molar refractivity (Wildman–Crippen MR) is 110 cm³/mol. The van der Waals surface area contributed by atoms with Gasteiger partial charge in [-0.05, 0) is 36.5 Å². The first-order chi connectivity index (χ1) is 13.9. The van der Waals surface area contributed by atoms with Gasteiger partial charge in [-0.25, -0.2) is 9.50 Å². The second-order valence-corrected chi connectivity index (χ2v) is 8.58. The highest BCUT2D eigenvalue weighted by atomic mass is 16.3. The van der Waals surface area contributed by atoms with Crippen LogP contribution in [0.25, 0.3) is 5.78 Å². The van der Waals surface area contributed by atoms with Gasteiger partial charge in [0, 0.05) is 12.0 Å². The number of aliphatic hydroxyl groups excluding tert-OH is 1. The average molecular weight is 393 g/mol. The number of hydrogen-bond acceptors (Lipinski definition) is 5. The summed E-state index contributed by atoms with van der Waals surface area (Å²) >= 11 is 0. The summed E-state index contributed by atoms with van der Waals surface area (Å²) in [6.07, 6.45) is 4.36. The van der Waals surface area contributed by atoms with E-state index in [1.165, 1.54) is 17.5 Å². The second kappa shape index (κ2) is 7.55. The molecule has 0 saturated carbocycles. The zero-order chi connectivity index (χ0) is 20.6. The van der Waals surface area contributed by atoms with Crippen molar-refractivity contribution in [2.75, 3.05) is 13.2 Å². The highest BCUT2D eigenvalue weighted by molar-refractivity contribution is 5.93. The molecule has 0 saturated heterocycles. The van der Waals surface area contributed by atoms with Crippen molar-refractivity contribution < 1.29 is 9.90 Å². The molecule has 1 aromatic carbocycles. The predicted octanol–water partition coefficient (Wildman–Crippen LogP) is 2.93. The Morgan fingerprint density at radius 1 is 1.31 bits per heavy atom. The molecule has 0 bridgehead atoms. The van der Waals surface area contributed by atoms with E-state index >= 15 is 0 Å². The van der Waals surface area contributed by atoms with Gasteiger partial charge in [-0.3, -0.25) is 4.79 Å². The van der Waals surface area contributed by atoms with E-state index in [1.54, 1.807) is 9.42 Å². The maximum atomic E-state index is 13.6. The SMILES string of the molecule is CC(C)(C)c1cc(C(=O)N(CCO)C2CCCc3ccccc32)nc2ncnn12. The quantitative estimate of drug-likeness (QED) is 0.737. The smallest absolute Gasteiger partial charge is 0.273 e. The first-order valence-electron chi connectivity index (χ1n) is 10.1. The van der Waals surface area contributed by atoms with Gasteiger partial charge >= 0.3 is 0 Å². The number of hydrogen-bond donors (Lipinski definition) is 1. The fraction of sp³-hybridized carbons (Fsp3) is 0.455. The Morgan fingerprint density at radius 3 is 2.86 bits per heavy atom. The molecule has 7 nitrogen and oxygen atoms in total. The maximum absolute atomic E-state index is 13.6. The normalized spacial score (nSPS) is 16.6. The van der Waals surface area contributed by atoms with Crippen LogP contribution in [-0.2, 0) is 11.8 Å². The molecule has 1 N–H and O–H groups in total. The Labute approximate surface area is 170 Å². The maximum Gasteiger partial charge on any atom is 0.273 e. The van der Waals surface area contributed by atoms with Crippen molar-refractivity contribution in [2.24, 2.45) is 0 Å². The lowest BCUT2D eigenvalue weighted by Crippen LogP contribution is -2.39. The molecule has 1 amide bonds. The molecule has 29 heavy (non-hydrogen) atoms. The van der Waals surface area contributed by atoms with Crippen molar-refractivity contribution in [3.63, 3.8) is 0 Å². The lowest BCUT2D eigenvalue weighted by Gasteiger charge is -2.35. The summed E-state index contributed by atoms with van der Waals surface area (Å²) in [6, 6.07) is 10.0. The van der Waals surface area contributed by atoms with Crippen LogP contribution >= 0.6 is 0 Å². The average Bonchev–Trinajstić information content (AvgIpc) is 3.18.